The lowest BCUT2D eigenvalue weighted by atomic mass is 10.1. The summed E-state index contributed by atoms with van der Waals surface area (Å²) in [6.07, 6.45) is 0. The van der Waals surface area contributed by atoms with Gasteiger partial charge in [0.15, 0.2) is 0 Å². The Morgan fingerprint density at radius 3 is 2.35 bits per heavy atom. The average molecular weight is 292 g/mol. The summed E-state index contributed by atoms with van der Waals surface area (Å²) in [6, 6.07) is 13.1. The summed E-state index contributed by atoms with van der Waals surface area (Å²) < 4.78 is 5.70. The predicted molar refractivity (Wildman–Crippen MR) is 80.8 cm³/mol. The Morgan fingerprint density at radius 1 is 1.15 bits per heavy atom. The lowest BCUT2D eigenvalue weighted by Gasteiger charge is -2.11. The van der Waals surface area contributed by atoms with Crippen LogP contribution in [-0.4, -0.2) is 5.11 Å². The molecule has 0 aliphatic heterocycles. The number of aliphatic hydroxyl groups excluding tert-OH is 1. The van der Waals surface area contributed by atoms with Gasteiger partial charge in [-0.3, -0.25) is 0 Å². The SMILES string of the molecule is C[C@H](N)c1ccc(OCc2ccc(CO)cc2)c(Cl)c1. The molecule has 2 aromatic rings. The van der Waals surface area contributed by atoms with Gasteiger partial charge in [0, 0.05) is 6.04 Å². The number of halogens is 1. The zero-order valence-corrected chi connectivity index (χ0v) is 12.1. The molecule has 1 atom stereocenters. The van der Waals surface area contributed by atoms with Crippen LogP contribution in [0.2, 0.25) is 5.02 Å². The lowest BCUT2D eigenvalue weighted by molar-refractivity contribution is 0.281. The summed E-state index contributed by atoms with van der Waals surface area (Å²) in [5.74, 6) is 0.641. The average Bonchev–Trinajstić information content (AvgIpc) is 2.46. The van der Waals surface area contributed by atoms with Crippen molar-refractivity contribution in [1.82, 2.24) is 0 Å². The molecule has 3 nitrogen and oxygen atoms in total. The fourth-order valence-corrected chi connectivity index (χ4v) is 2.06. The molecule has 3 N–H and O–H groups in total. The minimum Gasteiger partial charge on any atom is -0.487 e. The van der Waals surface area contributed by atoms with Gasteiger partial charge in [-0.1, -0.05) is 41.9 Å². The minimum atomic E-state index is -0.0485. The first-order valence-electron chi connectivity index (χ1n) is 6.46. The van der Waals surface area contributed by atoms with E-state index in [1.54, 1.807) is 0 Å². The van der Waals surface area contributed by atoms with Crippen molar-refractivity contribution in [3.63, 3.8) is 0 Å². The summed E-state index contributed by atoms with van der Waals surface area (Å²) in [5.41, 5.74) is 8.69. The molecule has 4 heteroatoms. The maximum atomic E-state index is 8.98. The van der Waals surface area contributed by atoms with Crippen LogP contribution in [0, 0.1) is 0 Å². The van der Waals surface area contributed by atoms with E-state index in [2.05, 4.69) is 0 Å². The summed E-state index contributed by atoms with van der Waals surface area (Å²) in [5, 5.41) is 9.55. The molecule has 0 fully saturated rings. The molecular formula is C16H18ClNO2. The number of aliphatic hydroxyl groups is 1. The van der Waals surface area contributed by atoms with Crippen molar-refractivity contribution in [2.45, 2.75) is 26.2 Å². The highest BCUT2D eigenvalue weighted by molar-refractivity contribution is 6.32. The third-order valence-electron chi connectivity index (χ3n) is 3.08. The van der Waals surface area contributed by atoms with E-state index in [0.29, 0.717) is 17.4 Å². The van der Waals surface area contributed by atoms with Gasteiger partial charge in [-0.15, -0.1) is 0 Å². The van der Waals surface area contributed by atoms with Crippen molar-refractivity contribution in [1.29, 1.82) is 0 Å². The van der Waals surface area contributed by atoms with Crippen molar-refractivity contribution in [2.75, 3.05) is 0 Å². The molecule has 0 aliphatic carbocycles. The van der Waals surface area contributed by atoms with Crippen LogP contribution < -0.4 is 10.5 Å². The summed E-state index contributed by atoms with van der Waals surface area (Å²) in [7, 11) is 0. The number of hydrogen-bond donors (Lipinski definition) is 2. The molecule has 0 saturated carbocycles. The molecule has 0 spiro atoms. The third kappa shape index (κ3) is 3.73. The maximum Gasteiger partial charge on any atom is 0.138 e. The number of hydrogen-bond acceptors (Lipinski definition) is 3. The van der Waals surface area contributed by atoms with E-state index in [1.807, 2.05) is 49.4 Å². The van der Waals surface area contributed by atoms with Crippen LogP contribution in [0.1, 0.15) is 29.7 Å². The highest BCUT2D eigenvalue weighted by Crippen LogP contribution is 2.28. The molecule has 20 heavy (non-hydrogen) atoms. The first-order valence-corrected chi connectivity index (χ1v) is 6.84. The zero-order chi connectivity index (χ0) is 14.5. The van der Waals surface area contributed by atoms with Crippen molar-refractivity contribution in [3.8, 4) is 5.75 Å². The van der Waals surface area contributed by atoms with Gasteiger partial charge in [0.1, 0.15) is 12.4 Å². The largest absolute Gasteiger partial charge is 0.487 e. The molecule has 2 rings (SSSR count). The Balaban J connectivity index is 2.03. The molecule has 0 saturated heterocycles. The standard InChI is InChI=1S/C16H18ClNO2/c1-11(18)14-6-7-16(15(17)8-14)20-10-13-4-2-12(9-19)3-5-13/h2-8,11,19H,9-10,18H2,1H3/t11-/m0/s1. The number of ether oxygens (including phenoxy) is 1. The maximum absolute atomic E-state index is 8.98. The van der Waals surface area contributed by atoms with E-state index < -0.39 is 0 Å². The first-order chi connectivity index (χ1) is 9.60. The number of nitrogens with two attached hydrogens (primary N) is 1. The van der Waals surface area contributed by atoms with Gasteiger partial charge in [-0.2, -0.15) is 0 Å². The van der Waals surface area contributed by atoms with E-state index >= 15 is 0 Å². The summed E-state index contributed by atoms with van der Waals surface area (Å²) in [4.78, 5) is 0. The fraction of sp³-hybridized carbons (Fsp3) is 0.250. The van der Waals surface area contributed by atoms with Crippen molar-refractivity contribution in [2.24, 2.45) is 5.73 Å². The van der Waals surface area contributed by atoms with Gasteiger partial charge in [0.2, 0.25) is 0 Å². The number of benzene rings is 2. The van der Waals surface area contributed by atoms with Crippen molar-refractivity contribution >= 4 is 11.6 Å². The molecule has 0 heterocycles. The Morgan fingerprint density at radius 2 is 1.80 bits per heavy atom. The molecule has 0 aliphatic rings. The molecule has 0 unspecified atom stereocenters. The Hall–Kier alpha value is -1.55. The van der Waals surface area contributed by atoms with E-state index in [-0.39, 0.29) is 12.6 Å². The Bertz CT molecular complexity index is 567. The molecule has 0 aromatic heterocycles. The predicted octanol–water partition coefficient (Wildman–Crippen LogP) is 3.43. The second-order valence-electron chi connectivity index (χ2n) is 4.74. The van der Waals surface area contributed by atoms with Crippen LogP contribution in [0.25, 0.3) is 0 Å². The van der Waals surface area contributed by atoms with Crippen LogP contribution in [0.4, 0.5) is 0 Å². The van der Waals surface area contributed by atoms with Gasteiger partial charge < -0.3 is 15.6 Å². The quantitative estimate of drug-likeness (QED) is 0.887. The van der Waals surface area contributed by atoms with E-state index in [4.69, 9.17) is 27.2 Å². The van der Waals surface area contributed by atoms with Gasteiger partial charge in [-0.25, -0.2) is 0 Å². The van der Waals surface area contributed by atoms with Crippen molar-refractivity contribution < 1.29 is 9.84 Å². The van der Waals surface area contributed by atoms with Gasteiger partial charge in [0.25, 0.3) is 0 Å². The second-order valence-corrected chi connectivity index (χ2v) is 5.15. The van der Waals surface area contributed by atoms with E-state index in [0.717, 1.165) is 16.7 Å². The Kier molecular flexibility index (Phi) is 5.01. The van der Waals surface area contributed by atoms with E-state index in [9.17, 15) is 0 Å². The fourth-order valence-electron chi connectivity index (χ4n) is 1.82. The molecule has 0 radical (unpaired) electrons. The van der Waals surface area contributed by atoms with Crippen LogP contribution in [-0.2, 0) is 13.2 Å². The molecule has 2 aromatic carbocycles. The zero-order valence-electron chi connectivity index (χ0n) is 11.3. The Labute approximate surface area is 123 Å². The van der Waals surface area contributed by atoms with Crippen molar-refractivity contribution in [3.05, 3.63) is 64.2 Å². The van der Waals surface area contributed by atoms with Crippen LogP contribution in [0.5, 0.6) is 5.75 Å². The van der Waals surface area contributed by atoms with Crippen LogP contribution >= 0.6 is 11.6 Å². The van der Waals surface area contributed by atoms with Gasteiger partial charge in [-0.05, 0) is 35.7 Å². The third-order valence-corrected chi connectivity index (χ3v) is 3.38. The smallest absolute Gasteiger partial charge is 0.138 e. The minimum absolute atomic E-state index is 0.0473. The highest BCUT2D eigenvalue weighted by Gasteiger charge is 2.06. The van der Waals surface area contributed by atoms with E-state index in [1.165, 1.54) is 0 Å². The first kappa shape index (κ1) is 14.9. The van der Waals surface area contributed by atoms with Crippen LogP contribution in [0.3, 0.4) is 0 Å². The topological polar surface area (TPSA) is 55.5 Å². The molecule has 106 valence electrons. The van der Waals surface area contributed by atoms with Crippen LogP contribution in [0.15, 0.2) is 42.5 Å². The monoisotopic (exact) mass is 291 g/mol. The summed E-state index contributed by atoms with van der Waals surface area (Å²) >= 11 is 6.17. The summed E-state index contributed by atoms with van der Waals surface area (Å²) in [6.45, 7) is 2.39. The highest BCUT2D eigenvalue weighted by atomic mass is 35.5. The lowest BCUT2D eigenvalue weighted by Crippen LogP contribution is -2.05. The van der Waals surface area contributed by atoms with Gasteiger partial charge >= 0.3 is 0 Å². The molecular weight excluding hydrogens is 274 g/mol. The van der Waals surface area contributed by atoms with Gasteiger partial charge in [0.05, 0.1) is 11.6 Å². The normalized spacial score (nSPS) is 12.2. The molecule has 0 bridgehead atoms. The second kappa shape index (κ2) is 6.75. The molecule has 0 amide bonds. The number of rotatable bonds is 5.